The van der Waals surface area contributed by atoms with Gasteiger partial charge in [-0.15, -0.1) is 0 Å². The van der Waals surface area contributed by atoms with Crippen molar-refractivity contribution in [1.29, 1.82) is 0 Å². The van der Waals surface area contributed by atoms with Crippen molar-refractivity contribution in [1.82, 2.24) is 0 Å². The first kappa shape index (κ1) is 12.2. The molecule has 17 heavy (non-hydrogen) atoms. The Morgan fingerprint density at radius 3 is 2.29 bits per heavy atom. The zero-order chi connectivity index (χ0) is 12.5. The third-order valence-electron chi connectivity index (χ3n) is 3.72. The Kier molecular flexibility index (Phi) is 3.23. The molecule has 0 heterocycles. The van der Waals surface area contributed by atoms with E-state index >= 15 is 0 Å². The fourth-order valence-electron chi connectivity index (χ4n) is 2.06. The van der Waals surface area contributed by atoms with Gasteiger partial charge in [0.1, 0.15) is 6.10 Å². The summed E-state index contributed by atoms with van der Waals surface area (Å²) in [4.78, 5) is 12.0. The number of benzene rings is 1. The molecule has 0 amide bonds. The lowest BCUT2D eigenvalue weighted by Crippen LogP contribution is -2.30. The van der Waals surface area contributed by atoms with E-state index in [0.29, 0.717) is 0 Å². The molecule has 92 valence electrons. The molecule has 2 rings (SSSR count). The molecule has 0 bridgehead atoms. The molecular formula is C15H20O2. The summed E-state index contributed by atoms with van der Waals surface area (Å²) in [6, 6.07) is 8.32. The monoisotopic (exact) mass is 232 g/mol. The molecule has 1 aliphatic rings. The Labute approximate surface area is 103 Å². The van der Waals surface area contributed by atoms with E-state index in [2.05, 4.69) is 12.1 Å². The molecule has 0 saturated heterocycles. The largest absolute Gasteiger partial charge is 0.461 e. The highest BCUT2D eigenvalue weighted by Gasteiger charge is 2.31. The van der Waals surface area contributed by atoms with Gasteiger partial charge in [0.25, 0.3) is 0 Å². The summed E-state index contributed by atoms with van der Waals surface area (Å²) in [5, 5.41) is 0. The summed E-state index contributed by atoms with van der Waals surface area (Å²) >= 11 is 0. The lowest BCUT2D eigenvalue weighted by Gasteiger charge is -2.23. The van der Waals surface area contributed by atoms with Gasteiger partial charge in [-0.25, -0.2) is 0 Å². The van der Waals surface area contributed by atoms with Crippen LogP contribution in [-0.2, 0) is 22.4 Å². The number of carbonyl (C=O) groups is 1. The van der Waals surface area contributed by atoms with E-state index in [1.54, 1.807) is 0 Å². The molecule has 0 N–H and O–H groups in total. The highest BCUT2D eigenvalue weighted by atomic mass is 16.5. The van der Waals surface area contributed by atoms with Crippen molar-refractivity contribution in [3.63, 3.8) is 0 Å². The maximum Gasteiger partial charge on any atom is 0.311 e. The average Bonchev–Trinajstić information content (AvgIpc) is 2.70. The molecule has 2 heteroatoms. The summed E-state index contributed by atoms with van der Waals surface area (Å²) in [5.74, 6) is -0.0715. The Morgan fingerprint density at radius 1 is 1.29 bits per heavy atom. The van der Waals surface area contributed by atoms with Gasteiger partial charge in [-0.2, -0.15) is 0 Å². The van der Waals surface area contributed by atoms with Gasteiger partial charge in [-0.05, 0) is 31.4 Å². The van der Waals surface area contributed by atoms with Gasteiger partial charge < -0.3 is 4.74 Å². The van der Waals surface area contributed by atoms with E-state index in [9.17, 15) is 4.79 Å². The van der Waals surface area contributed by atoms with Crippen molar-refractivity contribution in [3.05, 3.63) is 35.4 Å². The SMILES string of the molecule is CCC(C)(C)C(=O)OC1Cc2ccccc2C1. The van der Waals surface area contributed by atoms with Crippen LogP contribution in [0.2, 0.25) is 0 Å². The van der Waals surface area contributed by atoms with Gasteiger partial charge in [-0.1, -0.05) is 31.2 Å². The standard InChI is InChI=1S/C15H20O2/c1-4-15(2,3)14(16)17-13-9-11-7-5-6-8-12(11)10-13/h5-8,13H,4,9-10H2,1-3H3. The lowest BCUT2D eigenvalue weighted by atomic mass is 9.90. The maximum absolute atomic E-state index is 12.0. The number of fused-ring (bicyclic) bond motifs is 1. The van der Waals surface area contributed by atoms with Crippen molar-refractivity contribution >= 4 is 5.97 Å². The van der Waals surface area contributed by atoms with Crippen LogP contribution in [0.4, 0.5) is 0 Å². The van der Waals surface area contributed by atoms with Gasteiger partial charge in [-0.3, -0.25) is 4.79 Å². The molecule has 1 aromatic carbocycles. The Bertz CT molecular complexity index is 396. The number of hydrogen-bond donors (Lipinski definition) is 0. The first-order valence-corrected chi connectivity index (χ1v) is 6.31. The number of carbonyl (C=O) groups excluding carboxylic acids is 1. The smallest absolute Gasteiger partial charge is 0.311 e. The molecular weight excluding hydrogens is 212 g/mol. The molecule has 0 radical (unpaired) electrons. The van der Waals surface area contributed by atoms with Gasteiger partial charge in [0.2, 0.25) is 0 Å². The summed E-state index contributed by atoms with van der Waals surface area (Å²) < 4.78 is 5.61. The number of hydrogen-bond acceptors (Lipinski definition) is 2. The van der Waals surface area contributed by atoms with Crippen molar-refractivity contribution in [2.75, 3.05) is 0 Å². The maximum atomic E-state index is 12.0. The minimum atomic E-state index is -0.366. The van der Waals surface area contributed by atoms with Crippen molar-refractivity contribution in [3.8, 4) is 0 Å². The molecule has 1 aromatic rings. The van der Waals surface area contributed by atoms with Crippen molar-refractivity contribution in [2.45, 2.75) is 46.1 Å². The summed E-state index contributed by atoms with van der Waals surface area (Å²) in [7, 11) is 0. The number of rotatable bonds is 3. The Morgan fingerprint density at radius 2 is 1.82 bits per heavy atom. The third-order valence-corrected chi connectivity index (χ3v) is 3.72. The van der Waals surface area contributed by atoms with E-state index < -0.39 is 0 Å². The van der Waals surface area contributed by atoms with Crippen molar-refractivity contribution in [2.24, 2.45) is 5.41 Å². The predicted molar refractivity (Wildman–Crippen MR) is 67.8 cm³/mol. The molecule has 0 aromatic heterocycles. The van der Waals surface area contributed by atoms with E-state index in [0.717, 1.165) is 19.3 Å². The van der Waals surface area contributed by atoms with Crippen LogP contribution in [0.25, 0.3) is 0 Å². The van der Waals surface area contributed by atoms with Crippen LogP contribution in [0, 0.1) is 5.41 Å². The second kappa shape index (κ2) is 4.52. The highest BCUT2D eigenvalue weighted by Crippen LogP contribution is 2.27. The highest BCUT2D eigenvalue weighted by molar-refractivity contribution is 5.76. The van der Waals surface area contributed by atoms with Gasteiger partial charge in [0.05, 0.1) is 5.41 Å². The first-order valence-electron chi connectivity index (χ1n) is 6.31. The first-order chi connectivity index (χ1) is 8.03. The molecule has 0 unspecified atom stereocenters. The topological polar surface area (TPSA) is 26.3 Å². The number of esters is 1. The predicted octanol–water partition coefficient (Wildman–Crippen LogP) is 3.13. The van der Waals surface area contributed by atoms with Crippen LogP contribution >= 0.6 is 0 Å². The molecule has 0 fully saturated rings. The Hall–Kier alpha value is -1.31. The molecule has 1 aliphatic carbocycles. The normalized spacial score (nSPS) is 15.7. The second-order valence-corrected chi connectivity index (χ2v) is 5.44. The minimum Gasteiger partial charge on any atom is -0.461 e. The van der Waals surface area contributed by atoms with Gasteiger partial charge >= 0.3 is 5.97 Å². The van der Waals surface area contributed by atoms with E-state index in [1.165, 1.54) is 11.1 Å². The fraction of sp³-hybridized carbons (Fsp3) is 0.533. The van der Waals surface area contributed by atoms with Gasteiger partial charge in [0, 0.05) is 12.8 Å². The average molecular weight is 232 g/mol. The van der Waals surface area contributed by atoms with Crippen LogP contribution in [0.1, 0.15) is 38.3 Å². The molecule has 0 spiro atoms. The zero-order valence-corrected chi connectivity index (χ0v) is 10.8. The Balaban J connectivity index is 1.99. The summed E-state index contributed by atoms with van der Waals surface area (Å²) in [6.45, 7) is 5.90. The third kappa shape index (κ3) is 2.51. The number of ether oxygens (including phenoxy) is 1. The quantitative estimate of drug-likeness (QED) is 0.748. The molecule has 0 saturated carbocycles. The van der Waals surface area contributed by atoms with Crippen LogP contribution in [0.5, 0.6) is 0 Å². The second-order valence-electron chi connectivity index (χ2n) is 5.44. The van der Waals surface area contributed by atoms with Gasteiger partial charge in [0.15, 0.2) is 0 Å². The lowest BCUT2D eigenvalue weighted by molar-refractivity contribution is -0.159. The zero-order valence-electron chi connectivity index (χ0n) is 10.8. The van der Waals surface area contributed by atoms with Crippen molar-refractivity contribution < 1.29 is 9.53 Å². The van der Waals surface area contributed by atoms with E-state index in [4.69, 9.17) is 4.74 Å². The van der Waals surface area contributed by atoms with Crippen LogP contribution in [0.15, 0.2) is 24.3 Å². The fourth-order valence-corrected chi connectivity index (χ4v) is 2.06. The summed E-state index contributed by atoms with van der Waals surface area (Å²) in [5.41, 5.74) is 2.27. The molecule has 2 nitrogen and oxygen atoms in total. The van der Waals surface area contributed by atoms with Crippen LogP contribution in [0.3, 0.4) is 0 Å². The molecule has 0 aliphatic heterocycles. The molecule has 0 atom stereocenters. The van der Waals surface area contributed by atoms with Crippen LogP contribution in [-0.4, -0.2) is 12.1 Å². The minimum absolute atomic E-state index is 0.0331. The summed E-state index contributed by atoms with van der Waals surface area (Å²) in [6.07, 6.45) is 2.57. The van der Waals surface area contributed by atoms with E-state index in [-0.39, 0.29) is 17.5 Å². The van der Waals surface area contributed by atoms with Crippen LogP contribution < -0.4 is 0 Å². The van der Waals surface area contributed by atoms with E-state index in [1.807, 2.05) is 32.9 Å².